The summed E-state index contributed by atoms with van der Waals surface area (Å²) in [6.45, 7) is 4.40. The molecule has 1 amide bonds. The van der Waals surface area contributed by atoms with Crippen molar-refractivity contribution in [3.63, 3.8) is 0 Å². The number of ether oxygens (including phenoxy) is 4. The molecule has 4 aromatic rings. The van der Waals surface area contributed by atoms with Crippen molar-refractivity contribution in [2.24, 2.45) is 0 Å². The molecule has 1 aliphatic heterocycles. The Morgan fingerprint density at radius 3 is 2.43 bits per heavy atom. The molecule has 0 atom stereocenters. The van der Waals surface area contributed by atoms with Gasteiger partial charge in [0.25, 0.3) is 11.5 Å². The second-order valence-corrected chi connectivity index (χ2v) is 9.50. The van der Waals surface area contributed by atoms with Crippen molar-refractivity contribution in [1.82, 2.24) is 20.0 Å². The molecule has 1 saturated heterocycles. The molecule has 0 spiro atoms. The van der Waals surface area contributed by atoms with E-state index in [1.54, 1.807) is 87.0 Å². The number of nitrogens with one attached hydrogen (secondary N) is 2. The van der Waals surface area contributed by atoms with Crippen LogP contribution in [0, 0.1) is 0 Å². The van der Waals surface area contributed by atoms with E-state index in [9.17, 15) is 9.59 Å². The number of methoxy groups -OCH3 is 2. The molecule has 1 aromatic heterocycles. The van der Waals surface area contributed by atoms with E-state index in [0.29, 0.717) is 53.9 Å². The Morgan fingerprint density at radius 1 is 0.929 bits per heavy atom. The summed E-state index contributed by atoms with van der Waals surface area (Å²) in [6.07, 6.45) is 1.47. The van der Waals surface area contributed by atoms with Gasteiger partial charge in [-0.15, -0.1) is 0 Å². The smallest absolute Gasteiger partial charge is 0.299 e. The van der Waals surface area contributed by atoms with Gasteiger partial charge in [0.1, 0.15) is 17.2 Å². The summed E-state index contributed by atoms with van der Waals surface area (Å²) < 4.78 is 23.3. The highest BCUT2D eigenvalue weighted by Gasteiger charge is 2.17. The van der Waals surface area contributed by atoms with Crippen LogP contribution in [0.5, 0.6) is 23.0 Å². The lowest BCUT2D eigenvalue weighted by molar-refractivity contribution is 0.0383. The van der Waals surface area contributed by atoms with E-state index >= 15 is 0 Å². The maximum atomic E-state index is 13.8. The topological polar surface area (TPSA) is 116 Å². The number of hydrogen-bond donors (Lipinski definition) is 2. The first-order chi connectivity index (χ1) is 20.5. The second kappa shape index (κ2) is 13.7. The quantitative estimate of drug-likeness (QED) is 0.277. The highest BCUT2D eigenvalue weighted by atomic mass is 16.5. The largest absolute Gasteiger partial charge is 0.497 e. The lowest BCUT2D eigenvalue weighted by Gasteiger charge is -2.26. The predicted molar refractivity (Wildman–Crippen MR) is 159 cm³/mol. The maximum absolute atomic E-state index is 13.8. The van der Waals surface area contributed by atoms with Crippen molar-refractivity contribution in [3.05, 3.63) is 94.9 Å². The minimum Gasteiger partial charge on any atom is -0.497 e. The van der Waals surface area contributed by atoms with Crippen LogP contribution in [-0.2, 0) is 4.74 Å². The van der Waals surface area contributed by atoms with Crippen LogP contribution in [0.15, 0.2) is 83.8 Å². The average molecular weight is 572 g/mol. The Morgan fingerprint density at radius 2 is 1.67 bits per heavy atom. The predicted octanol–water partition coefficient (Wildman–Crippen LogP) is 3.85. The molecule has 11 nitrogen and oxygen atoms in total. The lowest BCUT2D eigenvalue weighted by Crippen LogP contribution is -2.41. The van der Waals surface area contributed by atoms with Gasteiger partial charge in [-0.3, -0.25) is 14.5 Å². The molecule has 2 N–H and O–H groups in total. The van der Waals surface area contributed by atoms with E-state index < -0.39 is 5.56 Å². The molecule has 5 rings (SSSR count). The van der Waals surface area contributed by atoms with Crippen molar-refractivity contribution in [2.45, 2.75) is 0 Å². The molecule has 0 unspecified atom stereocenters. The first-order valence-electron chi connectivity index (χ1n) is 13.6. The summed E-state index contributed by atoms with van der Waals surface area (Å²) in [5, 5.41) is 10.5. The Labute approximate surface area is 243 Å². The minimum atomic E-state index is -0.444. The molecule has 2 heterocycles. The maximum Gasteiger partial charge on any atom is 0.299 e. The zero-order valence-corrected chi connectivity index (χ0v) is 23.5. The van der Waals surface area contributed by atoms with Crippen LogP contribution >= 0.6 is 0 Å². The van der Waals surface area contributed by atoms with E-state index in [2.05, 4.69) is 20.6 Å². The van der Waals surface area contributed by atoms with E-state index in [1.807, 2.05) is 0 Å². The Kier molecular flexibility index (Phi) is 9.32. The molecule has 1 fully saturated rings. The molecule has 0 radical (unpaired) electrons. The molecule has 0 saturated carbocycles. The lowest BCUT2D eigenvalue weighted by atomic mass is 10.2. The van der Waals surface area contributed by atoms with Gasteiger partial charge in [0.05, 0.1) is 39.3 Å². The summed E-state index contributed by atoms with van der Waals surface area (Å²) in [4.78, 5) is 28.9. The fourth-order valence-electron chi connectivity index (χ4n) is 4.47. The van der Waals surface area contributed by atoms with E-state index in [0.717, 1.165) is 19.6 Å². The number of anilines is 2. The van der Waals surface area contributed by atoms with Gasteiger partial charge < -0.3 is 29.6 Å². The molecule has 1 aliphatic rings. The third-order valence-electron chi connectivity index (χ3n) is 6.74. The van der Waals surface area contributed by atoms with Crippen molar-refractivity contribution in [2.75, 3.05) is 58.9 Å². The monoisotopic (exact) mass is 571 g/mol. The molecule has 218 valence electrons. The average Bonchev–Trinajstić information content (AvgIpc) is 3.03. The van der Waals surface area contributed by atoms with Gasteiger partial charge in [0.2, 0.25) is 0 Å². The van der Waals surface area contributed by atoms with Crippen LogP contribution in [-0.4, -0.2) is 74.2 Å². The fraction of sp³-hybridized carbons (Fsp3) is 0.258. The van der Waals surface area contributed by atoms with E-state index in [-0.39, 0.29) is 17.3 Å². The van der Waals surface area contributed by atoms with Crippen molar-refractivity contribution in [3.8, 4) is 28.7 Å². The summed E-state index contributed by atoms with van der Waals surface area (Å²) >= 11 is 0. The number of hydrogen-bond acceptors (Lipinski definition) is 9. The third-order valence-corrected chi connectivity index (χ3v) is 6.74. The van der Waals surface area contributed by atoms with E-state index in [4.69, 9.17) is 18.9 Å². The molecular weight excluding hydrogens is 538 g/mol. The highest BCUT2D eigenvalue weighted by molar-refractivity contribution is 5.95. The fourth-order valence-corrected chi connectivity index (χ4v) is 4.47. The molecular formula is C31H33N5O6. The van der Waals surface area contributed by atoms with Crippen molar-refractivity contribution >= 4 is 17.3 Å². The summed E-state index contributed by atoms with van der Waals surface area (Å²) in [6, 6.07) is 21.0. The number of carbonyl (C=O) groups is 1. The third kappa shape index (κ3) is 7.06. The van der Waals surface area contributed by atoms with Crippen molar-refractivity contribution < 1.29 is 23.7 Å². The van der Waals surface area contributed by atoms with Crippen LogP contribution < -0.4 is 30.4 Å². The van der Waals surface area contributed by atoms with Crippen LogP contribution in [0.1, 0.15) is 10.4 Å². The van der Waals surface area contributed by atoms with Crippen LogP contribution in [0.2, 0.25) is 0 Å². The molecule has 0 aliphatic carbocycles. The summed E-state index contributed by atoms with van der Waals surface area (Å²) in [5.41, 5.74) is 1.25. The molecule has 11 heteroatoms. The van der Waals surface area contributed by atoms with Crippen LogP contribution in [0.3, 0.4) is 0 Å². The van der Waals surface area contributed by atoms with Crippen molar-refractivity contribution in [1.29, 1.82) is 0 Å². The van der Waals surface area contributed by atoms with Gasteiger partial charge in [-0.2, -0.15) is 9.78 Å². The minimum absolute atomic E-state index is 0.147. The number of nitrogens with zero attached hydrogens (tertiary/aromatic N) is 3. The van der Waals surface area contributed by atoms with Gasteiger partial charge in [-0.1, -0.05) is 12.1 Å². The van der Waals surface area contributed by atoms with Gasteiger partial charge >= 0.3 is 0 Å². The standard InChI is InChI=1S/C31H33N5O6/c1-39-25-11-9-24(10-12-25)36-31(38)29(28(21-33-36)42-27-8-4-7-26(20-27)40-2)34-23-6-3-5-22(19-23)30(37)32-13-14-35-15-17-41-18-16-35/h3-12,19-21,34H,13-18H2,1-2H3,(H,32,37). The molecule has 42 heavy (non-hydrogen) atoms. The number of benzene rings is 3. The number of amides is 1. The first kappa shape index (κ1) is 28.7. The summed E-state index contributed by atoms with van der Waals surface area (Å²) in [5.74, 6) is 1.73. The normalized spacial score (nSPS) is 13.3. The Balaban J connectivity index is 1.41. The Hall–Kier alpha value is -4.87. The zero-order chi connectivity index (χ0) is 29.3. The van der Waals surface area contributed by atoms with Gasteiger partial charge in [-0.25, -0.2) is 0 Å². The van der Waals surface area contributed by atoms with Crippen LogP contribution in [0.4, 0.5) is 11.4 Å². The van der Waals surface area contributed by atoms with Gasteiger partial charge in [0.15, 0.2) is 11.4 Å². The SMILES string of the molecule is COc1ccc(-n2ncc(Oc3cccc(OC)c3)c(Nc3cccc(C(=O)NCCN4CCOCC4)c3)c2=O)cc1. The number of aromatic nitrogens is 2. The van der Waals surface area contributed by atoms with Crippen LogP contribution in [0.25, 0.3) is 5.69 Å². The van der Waals surface area contributed by atoms with Gasteiger partial charge in [-0.05, 0) is 54.6 Å². The molecule has 3 aromatic carbocycles. The highest BCUT2D eigenvalue weighted by Crippen LogP contribution is 2.31. The zero-order valence-electron chi connectivity index (χ0n) is 23.5. The Bertz CT molecular complexity index is 1570. The van der Waals surface area contributed by atoms with E-state index in [1.165, 1.54) is 10.9 Å². The van der Waals surface area contributed by atoms with Gasteiger partial charge in [0, 0.05) is 43.5 Å². The number of rotatable bonds is 11. The number of morpholine rings is 1. The number of carbonyl (C=O) groups excluding carboxylic acids is 1. The second-order valence-electron chi connectivity index (χ2n) is 9.50. The summed E-state index contributed by atoms with van der Waals surface area (Å²) in [7, 11) is 3.14. The molecule has 0 bridgehead atoms. The first-order valence-corrected chi connectivity index (χ1v) is 13.6.